The topological polar surface area (TPSA) is 103 Å². The van der Waals surface area contributed by atoms with E-state index in [1.807, 2.05) is 0 Å². The number of furan rings is 1. The fourth-order valence-corrected chi connectivity index (χ4v) is 3.03. The maximum Gasteiger partial charge on any atom is 0.416 e. The molecule has 0 fully saturated rings. The van der Waals surface area contributed by atoms with Crippen molar-refractivity contribution in [1.82, 2.24) is 9.55 Å². The van der Waals surface area contributed by atoms with E-state index < -0.39 is 42.3 Å². The van der Waals surface area contributed by atoms with Gasteiger partial charge >= 0.3 is 12.1 Å². The third-order valence-electron chi connectivity index (χ3n) is 4.49. The summed E-state index contributed by atoms with van der Waals surface area (Å²) in [5.41, 5.74) is -0.827. The number of halogens is 3. The minimum atomic E-state index is -4.56. The van der Waals surface area contributed by atoms with Gasteiger partial charge in [0.1, 0.15) is 17.6 Å². The highest BCUT2D eigenvalue weighted by Crippen LogP contribution is 2.30. The van der Waals surface area contributed by atoms with Crippen LogP contribution in [0.5, 0.6) is 0 Å². The van der Waals surface area contributed by atoms with Crippen molar-refractivity contribution in [2.24, 2.45) is 0 Å². The molecule has 8 nitrogen and oxygen atoms in total. The van der Waals surface area contributed by atoms with Crippen LogP contribution in [-0.2, 0) is 27.0 Å². The second kappa shape index (κ2) is 8.17. The van der Waals surface area contributed by atoms with Crippen LogP contribution >= 0.6 is 0 Å². The number of para-hydroxylation sites is 1. The van der Waals surface area contributed by atoms with E-state index in [9.17, 15) is 27.6 Å². The first-order chi connectivity index (χ1) is 15.2. The fourth-order valence-electron chi connectivity index (χ4n) is 3.03. The van der Waals surface area contributed by atoms with Gasteiger partial charge in [0.25, 0.3) is 11.5 Å². The Balaban J connectivity index is 1.39. The van der Waals surface area contributed by atoms with Crippen molar-refractivity contribution in [1.29, 1.82) is 0 Å². The molecule has 0 atom stereocenters. The molecule has 32 heavy (non-hydrogen) atoms. The number of amides is 1. The number of rotatable bonds is 5. The summed E-state index contributed by atoms with van der Waals surface area (Å²) in [5, 5.41) is 2.87. The van der Waals surface area contributed by atoms with Crippen LogP contribution in [0.1, 0.15) is 5.56 Å². The number of aromatic nitrogens is 2. The molecule has 0 radical (unpaired) electrons. The third-order valence-corrected chi connectivity index (χ3v) is 4.49. The minimum Gasteiger partial charge on any atom is -0.454 e. The van der Waals surface area contributed by atoms with Crippen LogP contribution in [0.15, 0.2) is 64.1 Å². The van der Waals surface area contributed by atoms with Gasteiger partial charge in [-0.15, -0.1) is 0 Å². The molecule has 0 saturated carbocycles. The van der Waals surface area contributed by atoms with E-state index in [0.717, 1.165) is 29.1 Å². The van der Waals surface area contributed by atoms with Crippen molar-refractivity contribution >= 4 is 39.6 Å². The van der Waals surface area contributed by atoms with Crippen molar-refractivity contribution in [3.8, 4) is 0 Å². The molecule has 0 bridgehead atoms. The van der Waals surface area contributed by atoms with Crippen molar-refractivity contribution in [2.75, 3.05) is 11.9 Å². The van der Waals surface area contributed by atoms with Crippen LogP contribution in [-0.4, -0.2) is 28.0 Å². The summed E-state index contributed by atoms with van der Waals surface area (Å²) in [6, 6.07) is 11.0. The molecule has 2 aromatic heterocycles. The van der Waals surface area contributed by atoms with Gasteiger partial charge in [-0.05, 0) is 30.3 Å². The van der Waals surface area contributed by atoms with Gasteiger partial charge in [-0.2, -0.15) is 13.2 Å². The van der Waals surface area contributed by atoms with Crippen molar-refractivity contribution in [2.45, 2.75) is 12.7 Å². The summed E-state index contributed by atoms with van der Waals surface area (Å²) in [5.74, 6) is -1.75. The molecule has 2 aromatic carbocycles. The maximum absolute atomic E-state index is 12.7. The van der Waals surface area contributed by atoms with Gasteiger partial charge in [0.2, 0.25) is 5.58 Å². The Morgan fingerprint density at radius 3 is 2.69 bits per heavy atom. The highest BCUT2D eigenvalue weighted by atomic mass is 19.4. The molecule has 11 heteroatoms. The average Bonchev–Trinajstić information content (AvgIpc) is 3.13. The number of alkyl halides is 3. The van der Waals surface area contributed by atoms with Crippen LogP contribution in [0.3, 0.4) is 0 Å². The number of ether oxygens (including phenoxy) is 1. The summed E-state index contributed by atoms with van der Waals surface area (Å²) >= 11 is 0. The highest BCUT2D eigenvalue weighted by Gasteiger charge is 2.30. The average molecular weight is 445 g/mol. The zero-order valence-corrected chi connectivity index (χ0v) is 16.2. The van der Waals surface area contributed by atoms with Crippen LogP contribution in [0.25, 0.3) is 22.1 Å². The first-order valence-corrected chi connectivity index (χ1v) is 9.22. The number of benzene rings is 2. The number of carbonyl (C=O) groups excluding carboxylic acids is 2. The predicted octanol–water partition coefficient (Wildman–Crippen LogP) is 3.34. The summed E-state index contributed by atoms with van der Waals surface area (Å²) < 4.78 is 49.5. The first kappa shape index (κ1) is 21.1. The molecule has 0 unspecified atom stereocenters. The van der Waals surface area contributed by atoms with Gasteiger partial charge in [0, 0.05) is 11.1 Å². The van der Waals surface area contributed by atoms with E-state index in [2.05, 4.69) is 10.3 Å². The number of nitrogens with zero attached hydrogens (tertiary/aromatic N) is 2. The van der Waals surface area contributed by atoms with Crippen molar-refractivity contribution < 1.29 is 31.9 Å². The quantitative estimate of drug-likeness (QED) is 0.473. The molecule has 0 aliphatic rings. The lowest BCUT2D eigenvalue weighted by Crippen LogP contribution is -2.27. The van der Waals surface area contributed by atoms with Crippen molar-refractivity contribution in [3.05, 3.63) is 70.8 Å². The summed E-state index contributed by atoms with van der Waals surface area (Å²) in [7, 11) is 0. The Labute approximate surface area is 177 Å². The van der Waals surface area contributed by atoms with Gasteiger partial charge in [-0.25, -0.2) is 4.98 Å². The van der Waals surface area contributed by atoms with E-state index in [0.29, 0.717) is 16.5 Å². The maximum atomic E-state index is 12.7. The number of hydrogen-bond donors (Lipinski definition) is 1. The number of esters is 1. The molecular weight excluding hydrogens is 431 g/mol. The molecular formula is C21H14F3N3O5. The first-order valence-electron chi connectivity index (χ1n) is 9.22. The SMILES string of the molecule is O=C(COC(=O)Cn1cnc2c(oc3ccccc32)c1=O)Nc1cccc(C(F)(F)F)c1. The third kappa shape index (κ3) is 4.31. The van der Waals surface area contributed by atoms with Crippen LogP contribution in [0.4, 0.5) is 18.9 Å². The molecule has 0 aliphatic heterocycles. The number of anilines is 1. The number of fused-ring (bicyclic) bond motifs is 3. The smallest absolute Gasteiger partial charge is 0.416 e. The van der Waals surface area contributed by atoms with Crippen LogP contribution < -0.4 is 10.9 Å². The lowest BCUT2D eigenvalue weighted by atomic mass is 10.2. The monoisotopic (exact) mass is 445 g/mol. The van der Waals surface area contributed by atoms with Gasteiger partial charge in [-0.1, -0.05) is 18.2 Å². The molecule has 4 aromatic rings. The lowest BCUT2D eigenvalue weighted by molar-refractivity contribution is -0.147. The molecule has 0 aliphatic carbocycles. The Morgan fingerprint density at radius 1 is 1.12 bits per heavy atom. The highest BCUT2D eigenvalue weighted by molar-refractivity contribution is 6.01. The normalized spacial score (nSPS) is 11.6. The zero-order chi connectivity index (χ0) is 22.9. The second-order valence-corrected chi connectivity index (χ2v) is 6.74. The molecule has 1 amide bonds. The van der Waals surface area contributed by atoms with Gasteiger partial charge in [0.05, 0.1) is 11.9 Å². The molecule has 0 saturated heterocycles. The van der Waals surface area contributed by atoms with Crippen LogP contribution in [0, 0.1) is 0 Å². The summed E-state index contributed by atoms with van der Waals surface area (Å²) in [6.07, 6.45) is -3.40. The molecule has 0 spiro atoms. The predicted molar refractivity (Wildman–Crippen MR) is 107 cm³/mol. The molecule has 4 rings (SSSR count). The standard InChI is InChI=1S/C21H14F3N3O5/c22-21(23,24)12-4-3-5-13(8-12)26-16(28)10-31-17(29)9-27-11-25-18-14-6-1-2-7-15(14)32-19(18)20(27)30/h1-8,11H,9-10H2,(H,26,28). The van der Waals surface area contributed by atoms with E-state index in [1.165, 1.54) is 6.07 Å². The Hall–Kier alpha value is -4.15. The van der Waals surface area contributed by atoms with E-state index in [4.69, 9.17) is 9.15 Å². The fraction of sp³-hybridized carbons (Fsp3) is 0.143. The Bertz CT molecular complexity index is 1390. The van der Waals surface area contributed by atoms with Gasteiger partial charge in [-0.3, -0.25) is 19.0 Å². The largest absolute Gasteiger partial charge is 0.454 e. The number of hydrogen-bond acceptors (Lipinski definition) is 6. The second-order valence-electron chi connectivity index (χ2n) is 6.74. The van der Waals surface area contributed by atoms with E-state index >= 15 is 0 Å². The van der Waals surface area contributed by atoms with E-state index in [-0.39, 0.29) is 11.3 Å². The Morgan fingerprint density at radius 2 is 1.91 bits per heavy atom. The number of carbonyl (C=O) groups is 2. The molecule has 1 N–H and O–H groups in total. The van der Waals surface area contributed by atoms with Gasteiger partial charge in [0.15, 0.2) is 6.61 Å². The minimum absolute atomic E-state index is 0.0243. The van der Waals surface area contributed by atoms with Crippen molar-refractivity contribution in [3.63, 3.8) is 0 Å². The van der Waals surface area contributed by atoms with Crippen LogP contribution in [0.2, 0.25) is 0 Å². The zero-order valence-electron chi connectivity index (χ0n) is 16.2. The molecule has 164 valence electrons. The van der Waals surface area contributed by atoms with E-state index in [1.54, 1.807) is 24.3 Å². The Kier molecular flexibility index (Phi) is 5.39. The summed E-state index contributed by atoms with van der Waals surface area (Å²) in [4.78, 5) is 40.7. The number of nitrogens with one attached hydrogen (secondary N) is 1. The molecule has 2 heterocycles. The van der Waals surface area contributed by atoms with Gasteiger partial charge < -0.3 is 14.5 Å². The lowest BCUT2D eigenvalue weighted by Gasteiger charge is -2.10. The summed E-state index contributed by atoms with van der Waals surface area (Å²) in [6.45, 7) is -1.28.